The molecule has 0 heterocycles. The van der Waals surface area contributed by atoms with Gasteiger partial charge in [0.2, 0.25) is 5.91 Å². The van der Waals surface area contributed by atoms with Crippen LogP contribution in [-0.2, 0) is 4.79 Å². The largest absolute Gasteiger partial charge is 0.497 e. The van der Waals surface area contributed by atoms with E-state index in [2.05, 4.69) is 5.32 Å². The molecular formula is C28H34N2O3. The van der Waals surface area contributed by atoms with Crippen LogP contribution >= 0.6 is 0 Å². The first-order chi connectivity index (χ1) is 16.0. The Morgan fingerprint density at radius 3 is 2.00 bits per heavy atom. The summed E-state index contributed by atoms with van der Waals surface area (Å²) in [6, 6.07) is 26.6. The van der Waals surface area contributed by atoms with Crippen molar-refractivity contribution in [2.45, 2.75) is 38.5 Å². The van der Waals surface area contributed by atoms with E-state index in [1.54, 1.807) is 19.1 Å². The minimum absolute atomic E-state index is 0.00477. The van der Waals surface area contributed by atoms with Crippen LogP contribution in [0.4, 0.5) is 5.69 Å². The summed E-state index contributed by atoms with van der Waals surface area (Å²) in [4.78, 5) is 15.4. The lowest BCUT2D eigenvalue weighted by molar-refractivity contribution is -0.139. The third-order valence-electron chi connectivity index (χ3n) is 6.29. The summed E-state index contributed by atoms with van der Waals surface area (Å²) in [5.41, 5.74) is 2.75. The molecule has 0 aliphatic heterocycles. The predicted octanol–water partition coefficient (Wildman–Crippen LogP) is 5.46. The van der Waals surface area contributed by atoms with Gasteiger partial charge in [-0.1, -0.05) is 67.6 Å². The van der Waals surface area contributed by atoms with Crippen LogP contribution in [0.2, 0.25) is 0 Å². The van der Waals surface area contributed by atoms with Gasteiger partial charge < -0.3 is 20.1 Å². The van der Waals surface area contributed by atoms with E-state index >= 15 is 0 Å². The Morgan fingerprint density at radius 1 is 0.939 bits per heavy atom. The van der Waals surface area contributed by atoms with Gasteiger partial charge in [0.1, 0.15) is 5.75 Å². The van der Waals surface area contributed by atoms with Crippen molar-refractivity contribution in [3.63, 3.8) is 0 Å². The molecule has 3 rings (SSSR count). The fraction of sp³-hybridized carbons (Fsp3) is 0.321. The highest BCUT2D eigenvalue weighted by Crippen LogP contribution is 2.32. The van der Waals surface area contributed by atoms with E-state index in [4.69, 9.17) is 4.74 Å². The maximum Gasteiger partial charge on any atom is 0.228 e. The average Bonchev–Trinajstić information content (AvgIpc) is 2.88. The Morgan fingerprint density at radius 2 is 1.48 bits per heavy atom. The Labute approximate surface area is 197 Å². The van der Waals surface area contributed by atoms with Gasteiger partial charge in [0.25, 0.3) is 0 Å². The van der Waals surface area contributed by atoms with Gasteiger partial charge in [-0.05, 0) is 48.7 Å². The molecule has 174 valence electrons. The molecule has 0 saturated carbocycles. The smallest absolute Gasteiger partial charge is 0.228 e. The number of nitrogens with zero attached hydrogens (tertiary/aromatic N) is 1. The normalized spacial score (nSPS) is 14.6. The Balaban J connectivity index is 1.86. The van der Waals surface area contributed by atoms with Gasteiger partial charge in [0, 0.05) is 12.7 Å². The second kappa shape index (κ2) is 11.5. The number of aliphatic hydroxyl groups is 1. The zero-order valence-electron chi connectivity index (χ0n) is 19.8. The first-order valence-electron chi connectivity index (χ1n) is 11.4. The van der Waals surface area contributed by atoms with Gasteiger partial charge in [-0.2, -0.15) is 0 Å². The van der Waals surface area contributed by atoms with Crippen molar-refractivity contribution in [2.75, 3.05) is 19.5 Å². The molecular weight excluding hydrogens is 412 g/mol. The Hall–Kier alpha value is -3.31. The number of aliphatic hydroxyl groups excluding tert-OH is 1. The van der Waals surface area contributed by atoms with Crippen LogP contribution in [0.25, 0.3) is 0 Å². The summed E-state index contributed by atoms with van der Waals surface area (Å²) in [7, 11) is 3.42. The number of hydrogen-bond acceptors (Lipinski definition) is 4. The fourth-order valence-corrected chi connectivity index (χ4v) is 4.10. The molecule has 3 aromatic rings. The molecule has 0 aliphatic carbocycles. The summed E-state index contributed by atoms with van der Waals surface area (Å²) in [6.07, 6.45) is -0.109. The van der Waals surface area contributed by atoms with Gasteiger partial charge in [-0.3, -0.25) is 4.79 Å². The number of carbonyl (C=O) groups is 1. The number of ether oxygens (including phenoxy) is 1. The molecule has 33 heavy (non-hydrogen) atoms. The minimum atomic E-state index is -0.762. The zero-order chi connectivity index (χ0) is 23.8. The first kappa shape index (κ1) is 24.3. The molecule has 4 atom stereocenters. The van der Waals surface area contributed by atoms with E-state index in [1.165, 1.54) is 0 Å². The van der Waals surface area contributed by atoms with Gasteiger partial charge in [0.15, 0.2) is 0 Å². The topological polar surface area (TPSA) is 61.8 Å². The van der Waals surface area contributed by atoms with E-state index in [1.807, 2.05) is 98.8 Å². The van der Waals surface area contributed by atoms with Crippen LogP contribution in [0.1, 0.15) is 43.5 Å². The van der Waals surface area contributed by atoms with Gasteiger partial charge in [0.05, 0.1) is 31.2 Å². The summed E-state index contributed by atoms with van der Waals surface area (Å²) < 4.78 is 5.27. The number of amides is 1. The minimum Gasteiger partial charge on any atom is -0.497 e. The summed E-state index contributed by atoms with van der Waals surface area (Å²) in [6.45, 7) is 3.91. The number of rotatable bonds is 10. The van der Waals surface area contributed by atoms with Crippen LogP contribution in [0.15, 0.2) is 84.9 Å². The van der Waals surface area contributed by atoms with E-state index in [0.717, 1.165) is 22.6 Å². The van der Waals surface area contributed by atoms with Gasteiger partial charge in [-0.25, -0.2) is 0 Å². The quantitative estimate of drug-likeness (QED) is 0.434. The maximum atomic E-state index is 13.7. The summed E-state index contributed by atoms with van der Waals surface area (Å²) in [5.74, 6) is 0.461. The molecule has 0 aliphatic rings. The Kier molecular flexibility index (Phi) is 8.50. The number of nitrogens with one attached hydrogen (secondary N) is 1. The molecule has 1 amide bonds. The van der Waals surface area contributed by atoms with Crippen LogP contribution in [0, 0.1) is 5.92 Å². The lowest BCUT2D eigenvalue weighted by Crippen LogP contribution is -2.44. The molecule has 0 bridgehead atoms. The third kappa shape index (κ3) is 5.93. The molecule has 0 radical (unpaired) electrons. The zero-order valence-corrected chi connectivity index (χ0v) is 19.8. The van der Waals surface area contributed by atoms with Crippen molar-refractivity contribution >= 4 is 11.6 Å². The molecule has 5 nitrogen and oxygen atoms in total. The first-order valence-corrected chi connectivity index (χ1v) is 11.4. The number of methoxy groups -OCH3 is 1. The van der Waals surface area contributed by atoms with Crippen molar-refractivity contribution in [3.05, 3.63) is 96.1 Å². The van der Waals surface area contributed by atoms with Crippen molar-refractivity contribution in [1.82, 2.24) is 4.90 Å². The summed E-state index contributed by atoms with van der Waals surface area (Å²) in [5, 5.41) is 14.4. The van der Waals surface area contributed by atoms with Crippen molar-refractivity contribution < 1.29 is 14.6 Å². The molecule has 2 N–H and O–H groups in total. The van der Waals surface area contributed by atoms with Gasteiger partial charge >= 0.3 is 0 Å². The average molecular weight is 447 g/mol. The van der Waals surface area contributed by atoms with E-state index in [9.17, 15) is 9.90 Å². The number of likely N-dealkylation sites (N-methyl/N-ethyl adjacent to an activating group) is 1. The number of benzene rings is 3. The van der Waals surface area contributed by atoms with Crippen LogP contribution < -0.4 is 10.1 Å². The van der Waals surface area contributed by atoms with Crippen LogP contribution in [0.3, 0.4) is 0 Å². The van der Waals surface area contributed by atoms with E-state index in [0.29, 0.717) is 6.42 Å². The van der Waals surface area contributed by atoms with Crippen molar-refractivity contribution in [2.24, 2.45) is 5.92 Å². The molecule has 0 spiro atoms. The van der Waals surface area contributed by atoms with E-state index in [-0.39, 0.29) is 23.9 Å². The summed E-state index contributed by atoms with van der Waals surface area (Å²) >= 11 is 0. The standard InChI is InChI=1S/C28H34N2O3/c1-5-25(28(32)30(3)20(2)27(31)22-14-10-7-11-15-22)26(21-12-8-6-9-13-21)29-23-16-18-24(33-4)19-17-23/h6-20,25-27,29,31H,5H2,1-4H3/t20-,25+,26+,27+/m0/s1. The second-order valence-corrected chi connectivity index (χ2v) is 8.32. The van der Waals surface area contributed by atoms with Gasteiger partial charge in [-0.15, -0.1) is 0 Å². The molecule has 0 fully saturated rings. The highest BCUT2D eigenvalue weighted by atomic mass is 16.5. The third-order valence-corrected chi connectivity index (χ3v) is 6.29. The molecule has 3 aromatic carbocycles. The number of hydrogen-bond donors (Lipinski definition) is 2. The lowest BCUT2D eigenvalue weighted by atomic mass is 9.88. The fourth-order valence-electron chi connectivity index (χ4n) is 4.10. The molecule has 0 unspecified atom stereocenters. The highest BCUT2D eigenvalue weighted by molar-refractivity contribution is 5.80. The molecule has 0 aromatic heterocycles. The number of carbonyl (C=O) groups excluding carboxylic acids is 1. The second-order valence-electron chi connectivity index (χ2n) is 8.32. The van der Waals surface area contributed by atoms with Crippen molar-refractivity contribution in [3.8, 4) is 5.75 Å². The number of anilines is 1. The SMILES string of the molecule is CC[C@@H](C(=O)N(C)[C@@H](C)[C@@H](O)c1ccccc1)[C@H](Nc1ccc(OC)cc1)c1ccccc1. The van der Waals surface area contributed by atoms with Crippen LogP contribution in [-0.4, -0.2) is 36.1 Å². The van der Waals surface area contributed by atoms with E-state index < -0.39 is 6.10 Å². The molecule has 5 heteroatoms. The predicted molar refractivity (Wildman–Crippen MR) is 133 cm³/mol. The maximum absolute atomic E-state index is 13.7. The van der Waals surface area contributed by atoms with Crippen molar-refractivity contribution in [1.29, 1.82) is 0 Å². The monoisotopic (exact) mass is 446 g/mol. The molecule has 0 saturated heterocycles. The lowest BCUT2D eigenvalue weighted by Gasteiger charge is -2.35. The van der Waals surface area contributed by atoms with Crippen LogP contribution in [0.5, 0.6) is 5.75 Å². The highest BCUT2D eigenvalue weighted by Gasteiger charge is 2.34. The Bertz CT molecular complexity index is 993.